The van der Waals surface area contributed by atoms with Crippen LogP contribution in [0.1, 0.15) is 11.1 Å². The maximum atomic E-state index is 10.2. The number of nitriles is 1. The summed E-state index contributed by atoms with van der Waals surface area (Å²) in [5.74, 6) is 7.30. The summed E-state index contributed by atoms with van der Waals surface area (Å²) in [6.45, 7) is 2.19. The van der Waals surface area contributed by atoms with Crippen molar-refractivity contribution < 1.29 is 8.98 Å². The van der Waals surface area contributed by atoms with E-state index in [1.807, 2.05) is 18.2 Å². The summed E-state index contributed by atoms with van der Waals surface area (Å²) >= 11 is -2.32. The van der Waals surface area contributed by atoms with Gasteiger partial charge in [-0.25, -0.2) is 0 Å². The first-order chi connectivity index (χ1) is 18.8. The molecule has 0 aliphatic heterocycles. The van der Waals surface area contributed by atoms with Crippen LogP contribution < -0.4 is 8.96 Å². The van der Waals surface area contributed by atoms with Crippen molar-refractivity contribution in [3.05, 3.63) is 108 Å². The van der Waals surface area contributed by atoms with E-state index >= 15 is 0 Å². The third-order valence-electron chi connectivity index (χ3n) is 7.63. The van der Waals surface area contributed by atoms with Crippen LogP contribution in [0.3, 0.4) is 0 Å². The molecule has 0 saturated heterocycles. The molecule has 39 heavy (non-hydrogen) atoms. The summed E-state index contributed by atoms with van der Waals surface area (Å²) in [6, 6.07) is 34.0. The van der Waals surface area contributed by atoms with Crippen LogP contribution in [0.25, 0.3) is 55.4 Å². The van der Waals surface area contributed by atoms with Gasteiger partial charge in [0.05, 0.1) is 0 Å². The number of aryl methyl sites for hydroxylation is 2. The van der Waals surface area contributed by atoms with Crippen LogP contribution >= 0.6 is 0 Å². The van der Waals surface area contributed by atoms with Gasteiger partial charge in [-0.1, -0.05) is 6.07 Å². The van der Waals surface area contributed by atoms with Crippen molar-refractivity contribution in [1.29, 1.82) is 5.26 Å². The fourth-order valence-electron chi connectivity index (χ4n) is 5.68. The second kappa shape index (κ2) is 9.56. The van der Waals surface area contributed by atoms with Crippen LogP contribution in [-0.2, 0) is 7.05 Å². The number of aromatic nitrogens is 1. The van der Waals surface area contributed by atoms with Crippen LogP contribution in [0.4, 0.5) is 0 Å². The fraction of sp³-hybridized carbons (Fsp3) is 0.143. The Labute approximate surface area is 232 Å². The van der Waals surface area contributed by atoms with Crippen molar-refractivity contribution in [2.45, 2.75) is 24.2 Å². The molecule has 0 fully saturated rings. The van der Waals surface area contributed by atoms with Crippen molar-refractivity contribution in [3.63, 3.8) is 0 Å². The van der Waals surface area contributed by atoms with Gasteiger partial charge in [-0.3, -0.25) is 0 Å². The van der Waals surface area contributed by atoms with E-state index in [4.69, 9.17) is 4.42 Å². The van der Waals surface area contributed by atoms with Gasteiger partial charge >= 0.3 is 227 Å². The number of hydrogen-bond acceptors (Lipinski definition) is 2. The first-order valence-corrected chi connectivity index (χ1v) is 20.7. The van der Waals surface area contributed by atoms with E-state index in [9.17, 15) is 5.26 Å². The number of hydrogen-bond donors (Lipinski definition) is 0. The topological polar surface area (TPSA) is 40.8 Å². The molecule has 190 valence electrons. The zero-order valence-electron chi connectivity index (χ0n) is 23.0. The summed E-state index contributed by atoms with van der Waals surface area (Å²) in [6.07, 6.45) is 2.08. The van der Waals surface area contributed by atoms with Crippen LogP contribution in [-0.4, -0.2) is 13.3 Å². The van der Waals surface area contributed by atoms with Crippen molar-refractivity contribution in [2.75, 3.05) is 0 Å². The molecule has 2 aromatic heterocycles. The van der Waals surface area contributed by atoms with Gasteiger partial charge in [0, 0.05) is 0 Å². The standard InChI is InChI=1S/C35H31GeN2O/c1-23-21-29(36(2,3)4)33-28-19-18-27(22-37)32(26-16-14-25(15-17-26)24-11-7-6-8-12-24)34(28)39-35(33)31(23)30-13-9-10-20-38(30)5/h6-21H,1-5H3/q+1. The molecule has 4 aromatic carbocycles. The second-order valence-corrected chi connectivity index (χ2v) is 21.9. The summed E-state index contributed by atoms with van der Waals surface area (Å²) < 4.78 is 10.5. The molecular formula is C35H31GeN2O+. The van der Waals surface area contributed by atoms with E-state index in [0.717, 1.165) is 44.5 Å². The third kappa shape index (κ3) is 4.26. The zero-order chi connectivity index (χ0) is 27.3. The summed E-state index contributed by atoms with van der Waals surface area (Å²) in [5.41, 5.74) is 9.93. The predicted molar refractivity (Wildman–Crippen MR) is 164 cm³/mol. The molecule has 3 nitrogen and oxygen atoms in total. The first-order valence-electron chi connectivity index (χ1n) is 13.3. The van der Waals surface area contributed by atoms with Crippen molar-refractivity contribution in [3.8, 4) is 39.6 Å². The van der Waals surface area contributed by atoms with Crippen LogP contribution in [0.15, 0.2) is 102 Å². The zero-order valence-corrected chi connectivity index (χ0v) is 25.1. The van der Waals surface area contributed by atoms with Crippen molar-refractivity contribution in [2.24, 2.45) is 7.05 Å². The Morgan fingerprint density at radius 1 is 0.744 bits per heavy atom. The number of benzene rings is 4. The normalized spacial score (nSPS) is 11.7. The number of pyridine rings is 1. The van der Waals surface area contributed by atoms with Gasteiger partial charge in [0.15, 0.2) is 0 Å². The monoisotopic (exact) mass is 569 g/mol. The van der Waals surface area contributed by atoms with E-state index in [1.54, 1.807) is 0 Å². The molecule has 0 bridgehead atoms. The summed E-state index contributed by atoms with van der Waals surface area (Å²) in [5, 5.41) is 12.4. The summed E-state index contributed by atoms with van der Waals surface area (Å²) in [4.78, 5) is 0. The van der Waals surface area contributed by atoms with Crippen LogP contribution in [0.2, 0.25) is 17.3 Å². The Bertz CT molecular complexity index is 1900. The Balaban J connectivity index is 1.69. The van der Waals surface area contributed by atoms with E-state index in [2.05, 4.69) is 121 Å². The molecule has 0 spiro atoms. The minimum atomic E-state index is -2.32. The molecule has 0 unspecified atom stereocenters. The average Bonchev–Trinajstić information content (AvgIpc) is 3.32. The molecular weight excluding hydrogens is 537 g/mol. The average molecular weight is 568 g/mol. The quantitative estimate of drug-likeness (QED) is 0.159. The second-order valence-electron chi connectivity index (χ2n) is 11.3. The summed E-state index contributed by atoms with van der Waals surface area (Å²) in [7, 11) is 2.08. The molecule has 2 heterocycles. The van der Waals surface area contributed by atoms with E-state index in [1.165, 1.54) is 20.9 Å². The molecule has 0 amide bonds. The number of rotatable bonds is 4. The van der Waals surface area contributed by atoms with Gasteiger partial charge in [0.2, 0.25) is 0 Å². The Morgan fingerprint density at radius 3 is 2.08 bits per heavy atom. The van der Waals surface area contributed by atoms with Gasteiger partial charge < -0.3 is 0 Å². The SMILES string of the molecule is Cc1c[c]([Ge]([CH3])([CH3])[CH3])c2c(oc3c(-c4ccc(-c5ccccc5)cc4)c(C#N)ccc32)c1-c1cccc[n+]1C. The van der Waals surface area contributed by atoms with Gasteiger partial charge in [0.25, 0.3) is 0 Å². The molecule has 0 aliphatic carbocycles. The molecule has 0 atom stereocenters. The van der Waals surface area contributed by atoms with Gasteiger partial charge in [0.1, 0.15) is 0 Å². The minimum absolute atomic E-state index is 0.622. The molecule has 6 aromatic rings. The van der Waals surface area contributed by atoms with E-state index in [0.29, 0.717) is 5.56 Å². The molecule has 0 aliphatic rings. The van der Waals surface area contributed by atoms with E-state index in [-0.39, 0.29) is 0 Å². The first kappa shape index (κ1) is 25.2. The molecule has 6 rings (SSSR count). The van der Waals surface area contributed by atoms with Gasteiger partial charge in [-0.2, -0.15) is 0 Å². The van der Waals surface area contributed by atoms with Crippen LogP contribution in [0.5, 0.6) is 0 Å². The number of nitrogens with zero attached hydrogens (tertiary/aromatic N) is 2. The van der Waals surface area contributed by atoms with Gasteiger partial charge in [-0.05, 0) is 0 Å². The van der Waals surface area contributed by atoms with Gasteiger partial charge in [-0.15, -0.1) is 0 Å². The number of furan rings is 1. The Kier molecular flexibility index (Phi) is 6.16. The number of fused-ring (bicyclic) bond motifs is 3. The fourth-order valence-corrected chi connectivity index (χ4v) is 9.13. The Morgan fingerprint density at radius 2 is 1.41 bits per heavy atom. The molecule has 0 N–H and O–H groups in total. The van der Waals surface area contributed by atoms with Crippen LogP contribution in [0, 0.1) is 18.3 Å². The molecule has 0 saturated carbocycles. The molecule has 4 heteroatoms. The van der Waals surface area contributed by atoms with E-state index < -0.39 is 13.3 Å². The van der Waals surface area contributed by atoms with Crippen molar-refractivity contribution >= 4 is 39.6 Å². The predicted octanol–water partition coefficient (Wildman–Crippen LogP) is 8.14. The Hall–Kier alpha value is -4.14. The third-order valence-corrected chi connectivity index (χ3v) is 11.8. The molecule has 0 radical (unpaired) electrons. The van der Waals surface area contributed by atoms with Crippen molar-refractivity contribution in [1.82, 2.24) is 0 Å². The maximum absolute atomic E-state index is 10.2.